The monoisotopic (exact) mass is 713 g/mol. The lowest BCUT2D eigenvalue weighted by Crippen LogP contribution is -2.48. The third-order valence-corrected chi connectivity index (χ3v) is 10.8. The second-order valence-electron chi connectivity index (χ2n) is 14.1. The summed E-state index contributed by atoms with van der Waals surface area (Å²) in [4.78, 5) is 4.83. The van der Waals surface area contributed by atoms with Crippen molar-refractivity contribution < 1.29 is 14.6 Å². The van der Waals surface area contributed by atoms with Gasteiger partial charge in [-0.05, 0) is 74.1 Å². The molecule has 8 heteroatoms. The summed E-state index contributed by atoms with van der Waals surface area (Å²) in [5.41, 5.74) is -0.0445. The van der Waals surface area contributed by atoms with E-state index in [0.717, 1.165) is 81.8 Å². The molecule has 6 nitrogen and oxygen atoms in total. The number of nitrogens with zero attached hydrogens (tertiary/aromatic N) is 2. The van der Waals surface area contributed by atoms with E-state index < -0.39 is 6.10 Å². The van der Waals surface area contributed by atoms with Crippen molar-refractivity contribution >= 4 is 23.5 Å². The summed E-state index contributed by atoms with van der Waals surface area (Å²) < 4.78 is 12.3. The van der Waals surface area contributed by atoms with E-state index in [4.69, 9.17) is 9.47 Å². The van der Waals surface area contributed by atoms with E-state index in [1.807, 2.05) is 17.8 Å². The van der Waals surface area contributed by atoms with Gasteiger partial charge in [0.25, 0.3) is 0 Å². The van der Waals surface area contributed by atoms with Gasteiger partial charge in [0.15, 0.2) is 5.88 Å². The molecule has 1 fully saturated rings. The van der Waals surface area contributed by atoms with Crippen LogP contribution in [0.5, 0.6) is 5.75 Å². The van der Waals surface area contributed by atoms with E-state index in [-0.39, 0.29) is 17.6 Å². The van der Waals surface area contributed by atoms with Crippen LogP contribution in [0.2, 0.25) is 0 Å². The fraction of sp³-hybridized carbons (Fsp3) is 0.683. The molecular formula is C41H67N3O3S2. The molecule has 49 heavy (non-hydrogen) atoms. The maximum absolute atomic E-state index is 11.9. The molecule has 0 saturated heterocycles. The van der Waals surface area contributed by atoms with Crippen LogP contribution < -0.4 is 10.1 Å². The van der Waals surface area contributed by atoms with Crippen molar-refractivity contribution in [2.45, 2.75) is 147 Å². The Balaban J connectivity index is 0.00000262. The molecule has 1 aromatic rings. The van der Waals surface area contributed by atoms with Crippen LogP contribution in [0.3, 0.4) is 0 Å². The van der Waals surface area contributed by atoms with Crippen LogP contribution >= 0.6 is 23.5 Å². The number of hydrogen-bond donors (Lipinski definition) is 2. The first kappa shape index (κ1) is 43.1. The lowest BCUT2D eigenvalue weighted by molar-refractivity contribution is 0.0384. The predicted molar refractivity (Wildman–Crippen MR) is 211 cm³/mol. The number of allylic oxidation sites excluding steroid dienone is 4. The van der Waals surface area contributed by atoms with Gasteiger partial charge in [-0.3, -0.25) is 4.90 Å². The Bertz CT molecular complexity index is 1160. The van der Waals surface area contributed by atoms with Crippen LogP contribution in [-0.4, -0.2) is 59.6 Å². The van der Waals surface area contributed by atoms with E-state index in [1.54, 1.807) is 17.8 Å². The molecule has 0 bridgehead atoms. The largest absolute Gasteiger partial charge is 0.481 e. The van der Waals surface area contributed by atoms with Gasteiger partial charge in [-0.2, -0.15) is 5.26 Å². The topological polar surface area (TPSA) is 77.8 Å². The van der Waals surface area contributed by atoms with Crippen molar-refractivity contribution in [2.24, 2.45) is 11.3 Å². The van der Waals surface area contributed by atoms with Crippen molar-refractivity contribution in [3.8, 4) is 11.8 Å². The fourth-order valence-corrected chi connectivity index (χ4v) is 7.59. The van der Waals surface area contributed by atoms with Crippen molar-refractivity contribution in [1.82, 2.24) is 10.2 Å². The molecule has 0 aromatic heterocycles. The lowest BCUT2D eigenvalue weighted by atomic mass is 9.87. The van der Waals surface area contributed by atoms with Crippen molar-refractivity contribution in [2.75, 3.05) is 31.3 Å². The number of rotatable bonds is 25. The number of nitriles is 1. The Labute approximate surface area is 308 Å². The van der Waals surface area contributed by atoms with Crippen LogP contribution in [0.15, 0.2) is 64.8 Å². The highest BCUT2D eigenvalue weighted by Crippen LogP contribution is 2.38. The number of aliphatic hydroxyl groups excluding tert-OH is 1. The lowest BCUT2D eigenvalue weighted by Gasteiger charge is -2.36. The van der Waals surface area contributed by atoms with Gasteiger partial charge < -0.3 is 19.9 Å². The number of hydrogen-bond acceptors (Lipinski definition) is 8. The molecule has 3 unspecified atom stereocenters. The smallest absolute Gasteiger partial charge is 0.183 e. The van der Waals surface area contributed by atoms with Crippen LogP contribution in [0.1, 0.15) is 119 Å². The number of nitrogens with one attached hydrogen (secondary N) is 1. The van der Waals surface area contributed by atoms with Crippen LogP contribution in [0, 0.1) is 22.7 Å². The molecular weight excluding hydrogens is 647 g/mol. The Morgan fingerprint density at radius 2 is 1.96 bits per heavy atom. The predicted octanol–water partition coefficient (Wildman–Crippen LogP) is 10.7. The second-order valence-corrected chi connectivity index (χ2v) is 16.2. The average molecular weight is 714 g/mol. The minimum Gasteiger partial charge on any atom is -0.481 e. The van der Waals surface area contributed by atoms with Gasteiger partial charge in [0.2, 0.25) is 0 Å². The summed E-state index contributed by atoms with van der Waals surface area (Å²) >= 11 is 3.58. The molecule has 2 N–H and O–H groups in total. The molecule has 0 amide bonds. The van der Waals surface area contributed by atoms with E-state index >= 15 is 0 Å². The molecule has 2 aliphatic rings. The van der Waals surface area contributed by atoms with Crippen LogP contribution in [-0.2, 0) is 4.74 Å². The molecule has 3 rings (SSSR count). The maximum atomic E-state index is 11.9. The third-order valence-electron chi connectivity index (χ3n) is 8.98. The first-order valence-corrected chi connectivity index (χ1v) is 20.9. The van der Waals surface area contributed by atoms with Crippen molar-refractivity contribution in [3.63, 3.8) is 0 Å². The Kier molecular flexibility index (Phi) is 22.0. The summed E-state index contributed by atoms with van der Waals surface area (Å²) in [7, 11) is 0. The first-order valence-electron chi connectivity index (χ1n) is 18.9. The third kappa shape index (κ3) is 18.7. The van der Waals surface area contributed by atoms with Gasteiger partial charge in [0.05, 0.1) is 23.1 Å². The molecule has 1 saturated carbocycles. The summed E-state index contributed by atoms with van der Waals surface area (Å²) in [6.45, 7) is 19.3. The number of aliphatic hydroxyl groups is 1. The summed E-state index contributed by atoms with van der Waals surface area (Å²) in [5, 5.41) is 24.8. The summed E-state index contributed by atoms with van der Waals surface area (Å²) in [5.74, 6) is 4.00. The molecule has 1 heterocycles. The van der Waals surface area contributed by atoms with Crippen LogP contribution in [0.25, 0.3) is 0 Å². The van der Waals surface area contributed by atoms with E-state index in [1.165, 1.54) is 29.1 Å². The number of fused-ring (bicyclic) bond motifs is 1. The number of thioether (sulfide) groups is 2. The molecule has 1 aromatic carbocycles. The van der Waals surface area contributed by atoms with E-state index in [2.05, 4.69) is 94.8 Å². The number of ether oxygens (including phenoxy) is 2. The Morgan fingerprint density at radius 3 is 2.59 bits per heavy atom. The van der Waals surface area contributed by atoms with Crippen LogP contribution in [0.4, 0.5) is 0 Å². The first-order chi connectivity index (χ1) is 23.7. The quantitative estimate of drug-likeness (QED) is 0.0589. The Hall–Kier alpha value is -2.05. The minimum atomic E-state index is -0.606. The van der Waals surface area contributed by atoms with E-state index in [9.17, 15) is 10.4 Å². The van der Waals surface area contributed by atoms with Gasteiger partial charge in [0, 0.05) is 36.7 Å². The fourth-order valence-electron chi connectivity index (χ4n) is 5.77. The number of benzene rings is 1. The zero-order valence-electron chi connectivity index (χ0n) is 31.6. The molecule has 1 aliphatic heterocycles. The zero-order valence-corrected chi connectivity index (χ0v) is 33.2. The van der Waals surface area contributed by atoms with Gasteiger partial charge in [-0.1, -0.05) is 110 Å². The van der Waals surface area contributed by atoms with Gasteiger partial charge >= 0.3 is 0 Å². The van der Waals surface area contributed by atoms with Gasteiger partial charge in [-0.25, -0.2) is 0 Å². The molecule has 1 aliphatic carbocycles. The highest BCUT2D eigenvalue weighted by Gasteiger charge is 2.28. The summed E-state index contributed by atoms with van der Waals surface area (Å²) in [6.07, 6.45) is 20.2. The highest BCUT2D eigenvalue weighted by molar-refractivity contribution is 8.00. The maximum Gasteiger partial charge on any atom is 0.183 e. The highest BCUT2D eigenvalue weighted by atomic mass is 32.2. The van der Waals surface area contributed by atoms with Gasteiger partial charge in [0.1, 0.15) is 17.8 Å². The zero-order chi connectivity index (χ0) is 35.9. The van der Waals surface area contributed by atoms with Crippen molar-refractivity contribution in [1.29, 1.82) is 5.26 Å². The van der Waals surface area contributed by atoms with Crippen molar-refractivity contribution in [3.05, 3.63) is 55.0 Å². The molecule has 0 spiro atoms. The molecule has 276 valence electrons. The molecule has 3 atom stereocenters. The second kappa shape index (κ2) is 25.0. The SMILES string of the molecule is C1CC1.C=C/C=C\CCC(NC(=CCC)OC(CC)CC(CC)CC)C(O)CN(CCSc1ccc2c(c1)SCO2)CC(C)(C)CCC#N. The van der Waals surface area contributed by atoms with Gasteiger partial charge in [-0.15, -0.1) is 11.8 Å². The molecule has 0 radical (unpaired) electrons. The minimum absolute atomic E-state index is 0.0445. The van der Waals surface area contributed by atoms with E-state index in [0.29, 0.717) is 24.8 Å². The summed E-state index contributed by atoms with van der Waals surface area (Å²) in [6, 6.07) is 8.57. The average Bonchev–Trinajstić information content (AvgIpc) is 3.91. The Morgan fingerprint density at radius 1 is 1.20 bits per heavy atom. The standard InChI is InChI=1S/C38H61N3O3S2.C3H6/c1-8-13-14-15-18-33(40-37(17-9-2)44-31(12-5)25-30(10-3)11-4)34(42)27-41(28-38(6,7)21-16-22-39)23-24-45-32-19-20-35-36(26-32)46-29-43-35;1-2-3-1/h8,13-14,17,19-20,26,30-31,33-34,40,42H,1,9-12,15-16,18,21,23-25,27-29H2,2-7H3;1-3H2/b14-13-,37-17?;. The normalized spacial score (nSPS) is 16.0.